The van der Waals surface area contributed by atoms with Crippen LogP contribution < -0.4 is 10.2 Å². The molecule has 0 amide bonds. The van der Waals surface area contributed by atoms with Gasteiger partial charge in [-0.2, -0.15) is 0 Å². The van der Waals surface area contributed by atoms with E-state index in [4.69, 9.17) is 5.11 Å². The van der Waals surface area contributed by atoms with Crippen molar-refractivity contribution >= 4 is 5.97 Å². The van der Waals surface area contributed by atoms with Crippen LogP contribution in [0, 0.1) is 0 Å². The van der Waals surface area contributed by atoms with Gasteiger partial charge < -0.3 is 14.8 Å². The Labute approximate surface area is 88.7 Å². The number of hydrogen-bond acceptors (Lipinski definition) is 3. The molecule has 0 aliphatic rings. The van der Waals surface area contributed by atoms with Crippen molar-refractivity contribution in [2.24, 2.45) is 0 Å². The van der Waals surface area contributed by atoms with E-state index >= 15 is 0 Å². The molecule has 16 heavy (non-hydrogen) atoms. The molecule has 0 spiro atoms. The Hall–Kier alpha value is -1.92. The third kappa shape index (κ3) is 2.56. The van der Waals surface area contributed by atoms with Gasteiger partial charge in [-0.25, -0.2) is 8.78 Å². The van der Waals surface area contributed by atoms with Crippen molar-refractivity contribution in [3.05, 3.63) is 27.5 Å². The average molecular weight is 233 g/mol. The number of H-pyrrole nitrogens is 1. The lowest BCUT2D eigenvalue weighted by molar-refractivity contribution is -0.136. The zero-order valence-electron chi connectivity index (χ0n) is 8.29. The SMILES string of the molecule is COc1cc(=O)c(CC(=O)O)c(C(F)F)[nH]1. The number of methoxy groups -OCH3 is 1. The van der Waals surface area contributed by atoms with E-state index in [0.717, 1.165) is 6.07 Å². The molecule has 1 aromatic rings. The van der Waals surface area contributed by atoms with Crippen molar-refractivity contribution in [3.8, 4) is 5.88 Å². The first-order valence-electron chi connectivity index (χ1n) is 4.25. The summed E-state index contributed by atoms with van der Waals surface area (Å²) in [7, 11) is 1.21. The van der Waals surface area contributed by atoms with E-state index in [1.165, 1.54) is 7.11 Å². The van der Waals surface area contributed by atoms with Crippen LogP contribution in [0.15, 0.2) is 10.9 Å². The molecule has 1 heterocycles. The highest BCUT2D eigenvalue weighted by Crippen LogP contribution is 2.21. The number of carbonyl (C=O) groups is 1. The number of aromatic amines is 1. The zero-order valence-corrected chi connectivity index (χ0v) is 8.29. The van der Waals surface area contributed by atoms with Crippen LogP contribution in [0.5, 0.6) is 5.88 Å². The summed E-state index contributed by atoms with van der Waals surface area (Å²) >= 11 is 0. The molecule has 0 saturated carbocycles. The van der Waals surface area contributed by atoms with E-state index in [-0.39, 0.29) is 5.88 Å². The molecule has 1 aromatic heterocycles. The predicted molar refractivity (Wildman–Crippen MR) is 49.9 cm³/mol. The maximum Gasteiger partial charge on any atom is 0.308 e. The molecule has 5 nitrogen and oxygen atoms in total. The highest BCUT2D eigenvalue weighted by molar-refractivity contribution is 5.70. The Morgan fingerprint density at radius 3 is 2.69 bits per heavy atom. The monoisotopic (exact) mass is 233 g/mol. The fourth-order valence-electron chi connectivity index (χ4n) is 1.21. The number of carboxylic acids is 1. The summed E-state index contributed by atoms with van der Waals surface area (Å²) in [6.07, 6.45) is -3.71. The second kappa shape index (κ2) is 4.73. The molecule has 7 heteroatoms. The Morgan fingerprint density at radius 1 is 1.62 bits per heavy atom. The zero-order chi connectivity index (χ0) is 12.3. The first kappa shape index (κ1) is 12.2. The number of nitrogens with one attached hydrogen (secondary N) is 1. The van der Waals surface area contributed by atoms with Gasteiger partial charge in [0.15, 0.2) is 11.3 Å². The van der Waals surface area contributed by atoms with Crippen molar-refractivity contribution < 1.29 is 23.4 Å². The van der Waals surface area contributed by atoms with Gasteiger partial charge in [-0.05, 0) is 0 Å². The third-order valence-corrected chi connectivity index (χ3v) is 1.91. The number of carboxylic acid groups (broad SMARTS) is 1. The van der Waals surface area contributed by atoms with Crippen LogP contribution in [0.3, 0.4) is 0 Å². The molecular formula is C9H9F2NO4. The highest BCUT2D eigenvalue weighted by atomic mass is 19.3. The fourth-order valence-corrected chi connectivity index (χ4v) is 1.21. The van der Waals surface area contributed by atoms with Crippen molar-refractivity contribution in [1.29, 1.82) is 0 Å². The minimum absolute atomic E-state index is 0.130. The summed E-state index contributed by atoms with van der Waals surface area (Å²) in [5.74, 6) is -1.48. The lowest BCUT2D eigenvalue weighted by atomic mass is 10.1. The largest absolute Gasteiger partial charge is 0.482 e. The highest BCUT2D eigenvalue weighted by Gasteiger charge is 2.19. The Kier molecular flexibility index (Phi) is 3.60. The van der Waals surface area contributed by atoms with Crippen LogP contribution in [-0.4, -0.2) is 23.2 Å². The van der Waals surface area contributed by atoms with Crippen molar-refractivity contribution in [2.45, 2.75) is 12.8 Å². The summed E-state index contributed by atoms with van der Waals surface area (Å²) < 4.78 is 29.7. The molecular weight excluding hydrogens is 224 g/mol. The van der Waals surface area contributed by atoms with Crippen LogP contribution >= 0.6 is 0 Å². The smallest absolute Gasteiger partial charge is 0.308 e. The van der Waals surface area contributed by atoms with Crippen LogP contribution in [0.2, 0.25) is 0 Å². The number of alkyl halides is 2. The molecule has 0 aliphatic carbocycles. The number of ether oxygens (including phenoxy) is 1. The topological polar surface area (TPSA) is 79.4 Å². The van der Waals surface area contributed by atoms with Crippen LogP contribution in [-0.2, 0) is 11.2 Å². The lowest BCUT2D eigenvalue weighted by Gasteiger charge is -2.08. The summed E-state index contributed by atoms with van der Waals surface area (Å²) in [4.78, 5) is 24.0. The van der Waals surface area contributed by atoms with E-state index in [0.29, 0.717) is 0 Å². The minimum atomic E-state index is -2.96. The molecule has 1 rings (SSSR count). The number of aromatic nitrogens is 1. The quantitative estimate of drug-likeness (QED) is 0.811. The normalized spacial score (nSPS) is 10.5. The first-order valence-corrected chi connectivity index (χ1v) is 4.25. The Morgan fingerprint density at radius 2 is 2.25 bits per heavy atom. The Bertz CT molecular complexity index is 455. The van der Waals surface area contributed by atoms with Gasteiger partial charge >= 0.3 is 5.97 Å². The maximum absolute atomic E-state index is 12.6. The molecule has 2 N–H and O–H groups in total. The fraction of sp³-hybridized carbons (Fsp3) is 0.333. The van der Waals surface area contributed by atoms with Gasteiger partial charge in [0.1, 0.15) is 0 Å². The second-order valence-electron chi connectivity index (χ2n) is 2.97. The van der Waals surface area contributed by atoms with Crippen molar-refractivity contribution in [3.63, 3.8) is 0 Å². The molecule has 0 aromatic carbocycles. The van der Waals surface area contributed by atoms with E-state index in [9.17, 15) is 18.4 Å². The average Bonchev–Trinajstić information content (AvgIpc) is 2.19. The number of rotatable bonds is 4. The minimum Gasteiger partial charge on any atom is -0.482 e. The maximum atomic E-state index is 12.6. The van der Waals surface area contributed by atoms with Gasteiger partial charge in [-0.3, -0.25) is 9.59 Å². The summed E-state index contributed by atoms with van der Waals surface area (Å²) in [6.45, 7) is 0. The van der Waals surface area contributed by atoms with E-state index in [1.807, 2.05) is 0 Å². The second-order valence-corrected chi connectivity index (χ2v) is 2.97. The van der Waals surface area contributed by atoms with E-state index < -0.39 is 35.5 Å². The van der Waals surface area contributed by atoms with Gasteiger partial charge in [0, 0.05) is 11.6 Å². The van der Waals surface area contributed by atoms with E-state index in [1.54, 1.807) is 0 Å². The van der Waals surface area contributed by atoms with Gasteiger partial charge in [0.2, 0.25) is 0 Å². The van der Waals surface area contributed by atoms with Gasteiger partial charge in [0.05, 0.1) is 19.2 Å². The molecule has 0 aliphatic heterocycles. The number of hydrogen-bond donors (Lipinski definition) is 2. The third-order valence-electron chi connectivity index (χ3n) is 1.91. The summed E-state index contributed by atoms with van der Waals surface area (Å²) in [5, 5.41) is 8.50. The summed E-state index contributed by atoms with van der Waals surface area (Å²) in [5.41, 5.74) is -1.96. The van der Waals surface area contributed by atoms with Crippen LogP contribution in [0.25, 0.3) is 0 Å². The number of pyridine rings is 1. The van der Waals surface area contributed by atoms with Crippen LogP contribution in [0.4, 0.5) is 8.78 Å². The predicted octanol–water partition coefficient (Wildman–Crippen LogP) is 0.948. The number of halogens is 2. The van der Waals surface area contributed by atoms with Crippen LogP contribution in [0.1, 0.15) is 17.7 Å². The summed E-state index contributed by atoms with van der Waals surface area (Å²) in [6, 6.07) is 0.935. The van der Waals surface area contributed by atoms with Gasteiger partial charge in [-0.1, -0.05) is 0 Å². The first-order chi connectivity index (χ1) is 7.45. The van der Waals surface area contributed by atoms with E-state index in [2.05, 4.69) is 9.72 Å². The molecule has 0 bridgehead atoms. The van der Waals surface area contributed by atoms with Gasteiger partial charge in [0.25, 0.3) is 6.43 Å². The molecule has 88 valence electrons. The molecule has 0 radical (unpaired) electrons. The van der Waals surface area contributed by atoms with Crippen molar-refractivity contribution in [1.82, 2.24) is 4.98 Å². The lowest BCUT2D eigenvalue weighted by Crippen LogP contribution is -2.18. The molecule has 0 atom stereocenters. The van der Waals surface area contributed by atoms with Gasteiger partial charge in [-0.15, -0.1) is 0 Å². The standard InChI is InChI=1S/C9H9F2NO4/c1-16-6-3-5(13)4(2-7(14)15)8(12-6)9(10)11/h3,9H,2H2,1H3,(H,12,13)(H,14,15). The molecule has 0 fully saturated rings. The molecule has 0 saturated heterocycles. The number of aliphatic carboxylic acids is 1. The Balaban J connectivity index is 3.34. The molecule has 0 unspecified atom stereocenters. The van der Waals surface area contributed by atoms with Crippen molar-refractivity contribution in [2.75, 3.05) is 7.11 Å².